The van der Waals surface area contributed by atoms with Crippen LogP contribution in [-0.2, 0) is 11.0 Å². The summed E-state index contributed by atoms with van der Waals surface area (Å²) in [6.45, 7) is -0.442. The van der Waals surface area contributed by atoms with Crippen LogP contribution in [0.4, 0.5) is 24.5 Å². The molecule has 0 aliphatic rings. The van der Waals surface area contributed by atoms with Crippen LogP contribution in [0.3, 0.4) is 0 Å². The van der Waals surface area contributed by atoms with E-state index in [1.165, 1.54) is 23.5 Å². The number of hydrogen-bond donors (Lipinski definition) is 3. The van der Waals surface area contributed by atoms with E-state index in [0.717, 1.165) is 28.3 Å². The van der Waals surface area contributed by atoms with Gasteiger partial charge in [0.15, 0.2) is 0 Å². The molecule has 11 heteroatoms. The molecule has 3 N–H and O–H groups in total. The largest absolute Gasteiger partial charge is 0.480 e. The van der Waals surface area contributed by atoms with Gasteiger partial charge in [0.05, 0.1) is 21.8 Å². The number of aliphatic carboxylic acids is 1. The topological polar surface area (TPSA) is 91.3 Å². The van der Waals surface area contributed by atoms with Gasteiger partial charge in [-0.05, 0) is 41.8 Å². The van der Waals surface area contributed by atoms with Crippen LogP contribution < -0.4 is 10.6 Å². The zero-order chi connectivity index (χ0) is 22.9. The Hall–Kier alpha value is -3.44. The second-order valence-corrected chi connectivity index (χ2v) is 8.56. The summed E-state index contributed by atoms with van der Waals surface area (Å²) in [5.74, 6) is -1.80. The Morgan fingerprint density at radius 1 is 1.09 bits per heavy atom. The summed E-state index contributed by atoms with van der Waals surface area (Å²) in [5, 5.41) is 16.7. The molecular formula is C21H14F3N3O3S2. The minimum atomic E-state index is -4.55. The highest BCUT2D eigenvalue weighted by atomic mass is 32.1. The van der Waals surface area contributed by atoms with Gasteiger partial charge in [-0.25, -0.2) is 4.98 Å². The van der Waals surface area contributed by atoms with E-state index in [1.807, 2.05) is 17.5 Å². The van der Waals surface area contributed by atoms with Crippen LogP contribution in [0, 0.1) is 0 Å². The van der Waals surface area contributed by atoms with Gasteiger partial charge in [-0.15, -0.1) is 22.7 Å². The molecule has 1 aromatic carbocycles. The predicted molar refractivity (Wildman–Crippen MR) is 118 cm³/mol. The van der Waals surface area contributed by atoms with Gasteiger partial charge in [0.25, 0.3) is 5.91 Å². The van der Waals surface area contributed by atoms with Crippen LogP contribution in [0.2, 0.25) is 0 Å². The molecule has 0 aliphatic carbocycles. The smallest absolute Gasteiger partial charge is 0.416 e. The number of rotatable bonds is 6. The summed E-state index contributed by atoms with van der Waals surface area (Å²) < 4.78 is 38.9. The summed E-state index contributed by atoms with van der Waals surface area (Å²) in [4.78, 5) is 30.1. The van der Waals surface area contributed by atoms with Gasteiger partial charge in [-0.2, -0.15) is 13.2 Å². The SMILES string of the molecule is O=C(O)CNc1c(C(=O)Nc2cccc(C(F)(F)F)c2)sc2nc(-c3cccs3)ccc12. The number of aromatic nitrogens is 1. The Labute approximate surface area is 187 Å². The van der Waals surface area contributed by atoms with Crippen LogP contribution in [-0.4, -0.2) is 28.5 Å². The predicted octanol–water partition coefficient (Wildman–Crippen LogP) is 5.79. The number of anilines is 2. The van der Waals surface area contributed by atoms with E-state index in [0.29, 0.717) is 15.9 Å². The second-order valence-electron chi connectivity index (χ2n) is 6.61. The molecule has 0 unspecified atom stereocenters. The molecule has 0 radical (unpaired) electrons. The summed E-state index contributed by atoms with van der Waals surface area (Å²) in [7, 11) is 0. The van der Waals surface area contributed by atoms with E-state index in [2.05, 4.69) is 15.6 Å². The first-order valence-electron chi connectivity index (χ1n) is 9.14. The maximum absolute atomic E-state index is 13.0. The number of halogens is 3. The lowest BCUT2D eigenvalue weighted by Crippen LogP contribution is -2.17. The van der Waals surface area contributed by atoms with Gasteiger partial charge in [-0.3, -0.25) is 9.59 Å². The summed E-state index contributed by atoms with van der Waals surface area (Å²) in [6.07, 6.45) is -4.55. The lowest BCUT2D eigenvalue weighted by molar-refractivity contribution is -0.137. The highest BCUT2D eigenvalue weighted by Crippen LogP contribution is 2.37. The van der Waals surface area contributed by atoms with Gasteiger partial charge in [0, 0.05) is 11.1 Å². The second kappa shape index (κ2) is 8.60. The molecule has 0 aliphatic heterocycles. The first-order valence-corrected chi connectivity index (χ1v) is 10.8. The number of nitrogens with one attached hydrogen (secondary N) is 2. The number of thiophene rings is 2. The Morgan fingerprint density at radius 2 is 1.91 bits per heavy atom. The Kier molecular flexibility index (Phi) is 5.85. The van der Waals surface area contributed by atoms with Crippen molar-refractivity contribution in [3.63, 3.8) is 0 Å². The Balaban J connectivity index is 1.71. The van der Waals surface area contributed by atoms with Crippen LogP contribution >= 0.6 is 22.7 Å². The van der Waals surface area contributed by atoms with Gasteiger partial charge >= 0.3 is 12.1 Å². The number of benzene rings is 1. The van der Waals surface area contributed by atoms with Crippen molar-refractivity contribution in [3.05, 3.63) is 64.4 Å². The molecule has 0 saturated heterocycles. The van der Waals surface area contributed by atoms with Gasteiger partial charge in [0.1, 0.15) is 16.3 Å². The van der Waals surface area contributed by atoms with Crippen LogP contribution in [0.25, 0.3) is 20.8 Å². The van der Waals surface area contributed by atoms with Crippen LogP contribution in [0.1, 0.15) is 15.2 Å². The first kappa shape index (κ1) is 21.8. The lowest BCUT2D eigenvalue weighted by atomic mass is 10.2. The van der Waals surface area contributed by atoms with Crippen molar-refractivity contribution in [1.29, 1.82) is 0 Å². The maximum Gasteiger partial charge on any atom is 0.416 e. The molecule has 32 heavy (non-hydrogen) atoms. The third-order valence-corrected chi connectivity index (χ3v) is 6.39. The number of carbonyl (C=O) groups excluding carboxylic acids is 1. The van der Waals surface area contributed by atoms with Crippen molar-refractivity contribution in [1.82, 2.24) is 4.98 Å². The van der Waals surface area contributed by atoms with Crippen molar-refractivity contribution in [2.45, 2.75) is 6.18 Å². The molecule has 6 nitrogen and oxygen atoms in total. The number of alkyl halides is 3. The fourth-order valence-corrected chi connectivity index (χ4v) is 4.74. The Morgan fingerprint density at radius 3 is 2.59 bits per heavy atom. The average molecular weight is 477 g/mol. The van der Waals surface area contributed by atoms with Gasteiger partial charge in [0.2, 0.25) is 0 Å². The normalized spacial score (nSPS) is 11.5. The first-order chi connectivity index (χ1) is 15.2. The summed E-state index contributed by atoms with van der Waals surface area (Å²) >= 11 is 2.53. The number of carbonyl (C=O) groups is 2. The molecule has 0 spiro atoms. The number of hydrogen-bond acceptors (Lipinski definition) is 6. The minimum absolute atomic E-state index is 0.0290. The molecule has 0 saturated carbocycles. The zero-order valence-electron chi connectivity index (χ0n) is 16.1. The third-order valence-electron chi connectivity index (χ3n) is 4.40. The molecule has 4 rings (SSSR count). The third kappa shape index (κ3) is 4.58. The summed E-state index contributed by atoms with van der Waals surface area (Å²) in [6, 6.07) is 11.6. The van der Waals surface area contributed by atoms with E-state index in [-0.39, 0.29) is 16.3 Å². The monoisotopic (exact) mass is 477 g/mol. The molecule has 0 bridgehead atoms. The number of nitrogens with zero attached hydrogens (tertiary/aromatic N) is 1. The number of pyridine rings is 1. The Bertz CT molecular complexity index is 1300. The van der Waals surface area contributed by atoms with Crippen molar-refractivity contribution < 1.29 is 27.9 Å². The zero-order valence-corrected chi connectivity index (χ0v) is 17.7. The number of amides is 1. The van der Waals surface area contributed by atoms with E-state index in [4.69, 9.17) is 5.11 Å². The van der Waals surface area contributed by atoms with E-state index < -0.39 is 30.2 Å². The van der Waals surface area contributed by atoms with Crippen molar-refractivity contribution in [3.8, 4) is 10.6 Å². The molecule has 4 aromatic rings. The van der Waals surface area contributed by atoms with Crippen molar-refractivity contribution >= 4 is 56.1 Å². The van der Waals surface area contributed by atoms with Crippen molar-refractivity contribution in [2.24, 2.45) is 0 Å². The van der Waals surface area contributed by atoms with Crippen molar-refractivity contribution in [2.75, 3.05) is 17.2 Å². The highest BCUT2D eigenvalue weighted by molar-refractivity contribution is 7.21. The minimum Gasteiger partial charge on any atom is -0.480 e. The molecule has 1 amide bonds. The lowest BCUT2D eigenvalue weighted by Gasteiger charge is -2.10. The molecule has 0 fully saturated rings. The van der Waals surface area contributed by atoms with Gasteiger partial charge in [-0.1, -0.05) is 12.1 Å². The average Bonchev–Trinajstić information content (AvgIpc) is 3.39. The fraction of sp³-hybridized carbons (Fsp3) is 0.0952. The van der Waals surface area contributed by atoms with Crippen LogP contribution in [0.15, 0.2) is 53.9 Å². The molecule has 3 heterocycles. The van der Waals surface area contributed by atoms with E-state index >= 15 is 0 Å². The number of carboxylic acids is 1. The quantitative estimate of drug-likeness (QED) is 0.327. The molecule has 164 valence electrons. The molecule has 0 atom stereocenters. The van der Waals surface area contributed by atoms with Crippen LogP contribution in [0.5, 0.6) is 0 Å². The van der Waals surface area contributed by atoms with Gasteiger partial charge < -0.3 is 15.7 Å². The fourth-order valence-electron chi connectivity index (χ4n) is 3.00. The maximum atomic E-state index is 13.0. The standard InChI is InChI=1S/C21H14F3N3O3S2/c22-21(23,24)11-3-1-4-12(9-11)26-19(30)18-17(25-10-16(28)29)13-6-7-14(27-20(13)32-18)15-5-2-8-31-15/h1-9,25H,10H2,(H,26,30)(H,28,29). The summed E-state index contributed by atoms with van der Waals surface area (Å²) in [5.41, 5.74) is 0.0438. The molecule has 3 aromatic heterocycles. The molecular weight excluding hydrogens is 463 g/mol. The highest BCUT2D eigenvalue weighted by Gasteiger charge is 2.30. The number of carboxylic acid groups (broad SMARTS) is 1. The number of fused-ring (bicyclic) bond motifs is 1. The van der Waals surface area contributed by atoms with E-state index in [1.54, 1.807) is 12.1 Å². The van der Waals surface area contributed by atoms with E-state index in [9.17, 15) is 22.8 Å².